The van der Waals surface area contributed by atoms with Crippen LogP contribution in [0.5, 0.6) is 0 Å². The molecule has 0 aliphatic carbocycles. The Bertz CT molecular complexity index is 844. The second-order valence-corrected chi connectivity index (χ2v) is 8.23. The fraction of sp³-hybridized carbons (Fsp3) is 0.571. The summed E-state index contributed by atoms with van der Waals surface area (Å²) in [6, 6.07) is 5.92. The average Bonchev–Trinajstić information content (AvgIpc) is 2.66. The Morgan fingerprint density at radius 2 is 1.96 bits per heavy atom. The molecule has 2 aliphatic heterocycles. The molecule has 27 heavy (non-hydrogen) atoms. The van der Waals surface area contributed by atoms with Crippen molar-refractivity contribution in [2.45, 2.75) is 38.1 Å². The fourth-order valence-corrected chi connectivity index (χ4v) is 4.74. The lowest BCUT2D eigenvalue weighted by Gasteiger charge is -2.47. The zero-order chi connectivity index (χ0) is 19.0. The van der Waals surface area contributed by atoms with Crippen LogP contribution in [0.1, 0.15) is 43.0 Å². The number of aromatic nitrogens is 3. The minimum atomic E-state index is 0.127. The van der Waals surface area contributed by atoms with Crippen LogP contribution in [0.15, 0.2) is 35.4 Å². The molecule has 144 valence electrons. The molecule has 0 spiro atoms. The van der Waals surface area contributed by atoms with Crippen LogP contribution in [0.2, 0.25) is 0 Å². The van der Waals surface area contributed by atoms with E-state index < -0.39 is 0 Å². The highest BCUT2D eigenvalue weighted by molar-refractivity contribution is 5.35. The molecule has 1 fully saturated rings. The molecule has 0 aromatic carbocycles. The quantitative estimate of drug-likeness (QED) is 0.812. The van der Waals surface area contributed by atoms with Crippen molar-refractivity contribution in [3.63, 3.8) is 0 Å². The highest BCUT2D eigenvalue weighted by Crippen LogP contribution is 2.41. The van der Waals surface area contributed by atoms with E-state index in [0.717, 1.165) is 50.5 Å². The number of aryl methyl sites for hydroxylation is 1. The van der Waals surface area contributed by atoms with E-state index in [0.29, 0.717) is 11.8 Å². The first kappa shape index (κ1) is 18.2. The third kappa shape index (κ3) is 3.50. The maximum atomic E-state index is 12.6. The SMILES string of the molecule is CCCc1cnc(N2C[C@H]3C[C@@H](C2)[C@H](CN(C)C)n2c3cccc2=O)nc1. The summed E-state index contributed by atoms with van der Waals surface area (Å²) in [6.45, 7) is 4.83. The van der Waals surface area contributed by atoms with Gasteiger partial charge in [0.05, 0.1) is 6.04 Å². The number of rotatable bonds is 5. The third-order valence-electron chi connectivity index (χ3n) is 5.86. The van der Waals surface area contributed by atoms with Gasteiger partial charge in [-0.05, 0) is 44.5 Å². The van der Waals surface area contributed by atoms with Crippen LogP contribution >= 0.6 is 0 Å². The topological polar surface area (TPSA) is 54.3 Å². The molecule has 2 aliphatic rings. The number of likely N-dealkylation sites (N-methyl/N-ethyl adjacent to an activating group) is 1. The van der Waals surface area contributed by atoms with Crippen molar-refractivity contribution in [1.82, 2.24) is 19.4 Å². The van der Waals surface area contributed by atoms with Gasteiger partial charge in [0.25, 0.3) is 5.56 Å². The molecule has 0 radical (unpaired) electrons. The Balaban J connectivity index is 1.66. The molecule has 1 saturated heterocycles. The lowest BCUT2D eigenvalue weighted by atomic mass is 9.78. The van der Waals surface area contributed by atoms with Crippen LogP contribution in [-0.4, -0.2) is 53.2 Å². The maximum Gasteiger partial charge on any atom is 0.251 e. The van der Waals surface area contributed by atoms with Crippen LogP contribution in [0.3, 0.4) is 0 Å². The highest BCUT2D eigenvalue weighted by atomic mass is 16.1. The van der Waals surface area contributed by atoms with Gasteiger partial charge in [0.1, 0.15) is 0 Å². The predicted molar refractivity (Wildman–Crippen MR) is 107 cm³/mol. The van der Waals surface area contributed by atoms with E-state index in [1.807, 2.05) is 18.5 Å². The molecule has 0 N–H and O–H groups in total. The molecule has 6 nitrogen and oxygen atoms in total. The number of pyridine rings is 1. The first-order valence-corrected chi connectivity index (χ1v) is 9.99. The smallest absolute Gasteiger partial charge is 0.251 e. The van der Waals surface area contributed by atoms with E-state index in [4.69, 9.17) is 0 Å². The summed E-state index contributed by atoms with van der Waals surface area (Å²) in [7, 11) is 4.16. The Morgan fingerprint density at radius 3 is 2.67 bits per heavy atom. The van der Waals surface area contributed by atoms with Gasteiger partial charge in [-0.2, -0.15) is 0 Å². The van der Waals surface area contributed by atoms with Gasteiger partial charge in [0, 0.05) is 49.7 Å². The minimum Gasteiger partial charge on any atom is -0.340 e. The minimum absolute atomic E-state index is 0.127. The van der Waals surface area contributed by atoms with Crippen molar-refractivity contribution < 1.29 is 0 Å². The Labute approximate surface area is 160 Å². The molecule has 0 amide bonds. The summed E-state index contributed by atoms with van der Waals surface area (Å²) in [4.78, 5) is 26.4. The summed E-state index contributed by atoms with van der Waals surface area (Å²) < 4.78 is 2.06. The van der Waals surface area contributed by atoms with Gasteiger partial charge in [-0.3, -0.25) is 4.79 Å². The van der Waals surface area contributed by atoms with E-state index >= 15 is 0 Å². The van der Waals surface area contributed by atoms with Gasteiger partial charge < -0.3 is 14.4 Å². The van der Waals surface area contributed by atoms with Crippen molar-refractivity contribution in [3.05, 3.63) is 52.2 Å². The third-order valence-corrected chi connectivity index (χ3v) is 5.86. The summed E-state index contributed by atoms with van der Waals surface area (Å²) >= 11 is 0. The van der Waals surface area contributed by atoms with Crippen molar-refractivity contribution in [1.29, 1.82) is 0 Å². The largest absolute Gasteiger partial charge is 0.340 e. The van der Waals surface area contributed by atoms with Crippen LogP contribution in [0, 0.1) is 5.92 Å². The van der Waals surface area contributed by atoms with Gasteiger partial charge in [-0.15, -0.1) is 0 Å². The van der Waals surface area contributed by atoms with E-state index in [-0.39, 0.29) is 11.6 Å². The lowest BCUT2D eigenvalue weighted by Crippen LogP contribution is -2.52. The van der Waals surface area contributed by atoms with E-state index in [1.165, 1.54) is 5.56 Å². The lowest BCUT2D eigenvalue weighted by molar-refractivity contribution is 0.174. The normalized spacial score (nSPS) is 24.1. The fourth-order valence-electron chi connectivity index (χ4n) is 4.74. The first-order valence-electron chi connectivity index (χ1n) is 9.99. The number of fused-ring (bicyclic) bond motifs is 4. The molecule has 2 aromatic rings. The Morgan fingerprint density at radius 1 is 1.19 bits per heavy atom. The highest BCUT2D eigenvalue weighted by Gasteiger charge is 2.41. The average molecular weight is 367 g/mol. The maximum absolute atomic E-state index is 12.6. The molecule has 2 aromatic heterocycles. The summed E-state index contributed by atoms with van der Waals surface area (Å²) in [5.41, 5.74) is 2.49. The summed E-state index contributed by atoms with van der Waals surface area (Å²) in [6.07, 6.45) is 7.19. The molecule has 0 saturated carbocycles. The van der Waals surface area contributed by atoms with Gasteiger partial charge >= 0.3 is 0 Å². The monoisotopic (exact) mass is 367 g/mol. The van der Waals surface area contributed by atoms with E-state index in [9.17, 15) is 4.79 Å². The van der Waals surface area contributed by atoms with Crippen molar-refractivity contribution in [2.24, 2.45) is 5.92 Å². The van der Waals surface area contributed by atoms with E-state index in [1.54, 1.807) is 6.07 Å². The number of nitrogens with zero attached hydrogens (tertiary/aromatic N) is 5. The molecule has 4 rings (SSSR count). The second-order valence-electron chi connectivity index (χ2n) is 8.23. The zero-order valence-corrected chi connectivity index (χ0v) is 16.5. The van der Waals surface area contributed by atoms with Crippen LogP contribution in [-0.2, 0) is 6.42 Å². The second kappa shape index (κ2) is 7.43. The molecule has 0 unspecified atom stereocenters. The van der Waals surface area contributed by atoms with Crippen LogP contribution < -0.4 is 10.5 Å². The molecule has 6 heteroatoms. The number of hydrogen-bond donors (Lipinski definition) is 0. The molecule has 4 heterocycles. The Hall–Kier alpha value is -2.21. The van der Waals surface area contributed by atoms with Crippen molar-refractivity contribution in [2.75, 3.05) is 38.6 Å². The standard InChI is InChI=1S/C21H29N5O/c1-4-6-15-10-22-21(23-11-15)25-12-16-9-17(13-25)19(14-24(2)3)26-18(16)7-5-8-20(26)27/h5,7-8,10-11,16-17,19H,4,6,9,12-14H2,1-3H3/t16-,17+,19+/m1/s1. The van der Waals surface area contributed by atoms with Gasteiger partial charge in [-0.25, -0.2) is 9.97 Å². The molecule has 2 bridgehead atoms. The van der Waals surface area contributed by atoms with E-state index in [2.05, 4.69) is 51.4 Å². The number of anilines is 1. The van der Waals surface area contributed by atoms with Gasteiger partial charge in [0.15, 0.2) is 0 Å². The number of hydrogen-bond acceptors (Lipinski definition) is 5. The molecule has 3 atom stereocenters. The van der Waals surface area contributed by atoms with Crippen LogP contribution in [0.25, 0.3) is 0 Å². The summed E-state index contributed by atoms with van der Waals surface area (Å²) in [5, 5.41) is 0. The van der Waals surface area contributed by atoms with Crippen LogP contribution in [0.4, 0.5) is 5.95 Å². The number of piperidine rings is 1. The predicted octanol–water partition coefficient (Wildman–Crippen LogP) is 2.32. The Kier molecular flexibility index (Phi) is 5.00. The molecular formula is C21H29N5O. The van der Waals surface area contributed by atoms with Crippen molar-refractivity contribution in [3.8, 4) is 0 Å². The zero-order valence-electron chi connectivity index (χ0n) is 16.5. The van der Waals surface area contributed by atoms with Crippen molar-refractivity contribution >= 4 is 5.95 Å². The first-order chi connectivity index (χ1) is 13.1. The molecular weight excluding hydrogens is 338 g/mol. The van der Waals surface area contributed by atoms with Gasteiger partial charge in [-0.1, -0.05) is 19.4 Å². The van der Waals surface area contributed by atoms with Gasteiger partial charge in [0.2, 0.25) is 5.95 Å². The summed E-state index contributed by atoms with van der Waals surface area (Å²) in [5.74, 6) is 1.60.